The summed E-state index contributed by atoms with van der Waals surface area (Å²) in [4.78, 5) is 2.46. The Hall–Kier alpha value is -0.380. The van der Waals surface area contributed by atoms with Crippen molar-refractivity contribution in [3.63, 3.8) is 0 Å². The van der Waals surface area contributed by atoms with Crippen LogP contribution in [-0.4, -0.2) is 31.6 Å². The predicted molar refractivity (Wildman–Crippen MR) is 85.3 cm³/mol. The summed E-state index contributed by atoms with van der Waals surface area (Å²) in [5.41, 5.74) is 1.39. The number of hydrogen-bond donors (Lipinski definition) is 1. The van der Waals surface area contributed by atoms with Crippen molar-refractivity contribution in [3.8, 4) is 0 Å². The Labute approximate surface area is 125 Å². The van der Waals surface area contributed by atoms with Crippen LogP contribution in [0, 0.1) is 5.92 Å². The quantitative estimate of drug-likeness (QED) is 0.889. The summed E-state index contributed by atoms with van der Waals surface area (Å²) in [6.07, 6.45) is 5.50. The molecule has 2 rings (SSSR count). The van der Waals surface area contributed by atoms with E-state index >= 15 is 0 Å². The van der Waals surface area contributed by atoms with Gasteiger partial charge >= 0.3 is 0 Å². The van der Waals surface area contributed by atoms with Crippen LogP contribution in [0.2, 0.25) is 0 Å². The van der Waals surface area contributed by atoms with Crippen molar-refractivity contribution < 1.29 is 0 Å². The summed E-state index contributed by atoms with van der Waals surface area (Å²) < 4.78 is 1.15. The van der Waals surface area contributed by atoms with E-state index in [2.05, 4.69) is 64.5 Å². The summed E-state index contributed by atoms with van der Waals surface area (Å²) in [7, 11) is 4.35. The standard InChI is InChI=1S/C16H25BrN2/c1-18-16-6-4-3-5-14(16)12-19(2)11-13-7-9-15(17)10-8-13/h7-10,14,16,18H,3-6,11-12H2,1-2H3. The molecule has 1 saturated carbocycles. The van der Waals surface area contributed by atoms with Crippen molar-refractivity contribution in [2.24, 2.45) is 5.92 Å². The van der Waals surface area contributed by atoms with Crippen LogP contribution in [0.1, 0.15) is 31.2 Å². The zero-order valence-electron chi connectivity index (χ0n) is 12.0. The van der Waals surface area contributed by atoms with E-state index in [9.17, 15) is 0 Å². The van der Waals surface area contributed by atoms with E-state index in [0.717, 1.165) is 16.9 Å². The minimum Gasteiger partial charge on any atom is -0.317 e. The van der Waals surface area contributed by atoms with Gasteiger partial charge in [0.15, 0.2) is 0 Å². The molecular formula is C16H25BrN2. The predicted octanol–water partition coefficient (Wildman–Crippen LogP) is 3.66. The largest absolute Gasteiger partial charge is 0.317 e. The van der Waals surface area contributed by atoms with Crippen LogP contribution in [0.15, 0.2) is 28.7 Å². The van der Waals surface area contributed by atoms with E-state index < -0.39 is 0 Å². The van der Waals surface area contributed by atoms with Gasteiger partial charge in [-0.3, -0.25) is 0 Å². The molecule has 1 fully saturated rings. The van der Waals surface area contributed by atoms with Gasteiger partial charge in [0.25, 0.3) is 0 Å². The molecule has 3 heteroatoms. The van der Waals surface area contributed by atoms with E-state index in [0.29, 0.717) is 6.04 Å². The highest BCUT2D eigenvalue weighted by molar-refractivity contribution is 9.10. The van der Waals surface area contributed by atoms with Gasteiger partial charge in [-0.05, 0) is 50.6 Å². The highest BCUT2D eigenvalue weighted by Crippen LogP contribution is 2.25. The molecule has 2 atom stereocenters. The van der Waals surface area contributed by atoms with Gasteiger partial charge in [0.1, 0.15) is 0 Å². The smallest absolute Gasteiger partial charge is 0.0230 e. The van der Waals surface area contributed by atoms with Gasteiger partial charge in [-0.2, -0.15) is 0 Å². The second kappa shape index (κ2) is 7.41. The molecule has 0 aliphatic heterocycles. The van der Waals surface area contributed by atoms with E-state index in [1.807, 2.05) is 0 Å². The summed E-state index contributed by atoms with van der Waals surface area (Å²) >= 11 is 3.49. The van der Waals surface area contributed by atoms with Crippen molar-refractivity contribution in [1.29, 1.82) is 0 Å². The average Bonchev–Trinajstić information content (AvgIpc) is 2.42. The highest BCUT2D eigenvalue weighted by Gasteiger charge is 2.24. The molecule has 19 heavy (non-hydrogen) atoms. The summed E-state index contributed by atoms with van der Waals surface area (Å²) in [6, 6.07) is 9.37. The first-order valence-electron chi connectivity index (χ1n) is 7.29. The highest BCUT2D eigenvalue weighted by atomic mass is 79.9. The van der Waals surface area contributed by atoms with Crippen LogP contribution >= 0.6 is 15.9 Å². The van der Waals surface area contributed by atoms with Gasteiger partial charge in [-0.25, -0.2) is 0 Å². The van der Waals surface area contributed by atoms with Gasteiger partial charge in [-0.1, -0.05) is 40.9 Å². The lowest BCUT2D eigenvalue weighted by Crippen LogP contribution is -2.41. The molecule has 0 amide bonds. The lowest BCUT2D eigenvalue weighted by molar-refractivity contribution is 0.190. The summed E-state index contributed by atoms with van der Waals surface area (Å²) in [5.74, 6) is 0.805. The van der Waals surface area contributed by atoms with Crippen molar-refractivity contribution in [3.05, 3.63) is 34.3 Å². The van der Waals surface area contributed by atoms with Gasteiger partial charge in [0, 0.05) is 23.6 Å². The summed E-state index contributed by atoms with van der Waals surface area (Å²) in [6.45, 7) is 2.24. The molecule has 1 aliphatic rings. The molecule has 2 unspecified atom stereocenters. The molecule has 2 nitrogen and oxygen atoms in total. The first kappa shape index (κ1) is 15.0. The number of hydrogen-bond acceptors (Lipinski definition) is 2. The Bertz CT molecular complexity index is 377. The van der Waals surface area contributed by atoms with Gasteiger partial charge in [-0.15, -0.1) is 0 Å². The maximum Gasteiger partial charge on any atom is 0.0230 e. The van der Waals surface area contributed by atoms with Gasteiger partial charge in [0.05, 0.1) is 0 Å². The Morgan fingerprint density at radius 3 is 2.58 bits per heavy atom. The molecule has 1 aromatic rings. The van der Waals surface area contributed by atoms with Crippen molar-refractivity contribution >= 4 is 15.9 Å². The minimum absolute atomic E-state index is 0.709. The first-order chi connectivity index (χ1) is 9.19. The third-order valence-corrected chi connectivity index (χ3v) is 4.72. The monoisotopic (exact) mass is 324 g/mol. The molecule has 0 radical (unpaired) electrons. The average molecular weight is 325 g/mol. The van der Waals surface area contributed by atoms with Crippen LogP contribution in [0.25, 0.3) is 0 Å². The normalized spacial score (nSPS) is 23.8. The fraction of sp³-hybridized carbons (Fsp3) is 0.625. The van der Waals surface area contributed by atoms with E-state index in [1.54, 1.807) is 0 Å². The lowest BCUT2D eigenvalue weighted by atomic mass is 9.84. The molecule has 1 aliphatic carbocycles. The van der Waals surface area contributed by atoms with E-state index in [4.69, 9.17) is 0 Å². The zero-order valence-corrected chi connectivity index (χ0v) is 13.6. The van der Waals surface area contributed by atoms with Gasteiger partial charge < -0.3 is 10.2 Å². The fourth-order valence-electron chi connectivity index (χ4n) is 3.17. The van der Waals surface area contributed by atoms with E-state index in [1.165, 1.54) is 37.8 Å². The zero-order chi connectivity index (χ0) is 13.7. The van der Waals surface area contributed by atoms with Crippen LogP contribution in [0.5, 0.6) is 0 Å². The number of nitrogens with zero attached hydrogens (tertiary/aromatic N) is 1. The van der Waals surface area contributed by atoms with Crippen molar-refractivity contribution in [2.75, 3.05) is 20.6 Å². The minimum atomic E-state index is 0.709. The molecule has 1 N–H and O–H groups in total. The Morgan fingerprint density at radius 1 is 1.21 bits per heavy atom. The number of halogens is 1. The molecular weight excluding hydrogens is 300 g/mol. The van der Waals surface area contributed by atoms with Crippen LogP contribution < -0.4 is 5.32 Å². The SMILES string of the molecule is CNC1CCCCC1CN(C)Cc1ccc(Br)cc1. The molecule has 0 spiro atoms. The van der Waals surface area contributed by atoms with Gasteiger partial charge in [0.2, 0.25) is 0 Å². The third-order valence-electron chi connectivity index (χ3n) is 4.19. The Morgan fingerprint density at radius 2 is 1.89 bits per heavy atom. The van der Waals surface area contributed by atoms with E-state index in [-0.39, 0.29) is 0 Å². The van der Waals surface area contributed by atoms with Crippen molar-refractivity contribution in [2.45, 2.75) is 38.3 Å². The van der Waals surface area contributed by atoms with Crippen LogP contribution in [0.3, 0.4) is 0 Å². The molecule has 0 bridgehead atoms. The maximum atomic E-state index is 3.50. The Kier molecular flexibility index (Phi) is 5.86. The number of nitrogens with one attached hydrogen (secondary N) is 1. The Balaban J connectivity index is 1.86. The third kappa shape index (κ3) is 4.59. The first-order valence-corrected chi connectivity index (χ1v) is 8.08. The molecule has 0 aromatic heterocycles. The molecule has 106 valence electrons. The second-order valence-corrected chi connectivity index (χ2v) is 6.68. The lowest BCUT2D eigenvalue weighted by Gasteiger charge is -2.34. The van der Waals surface area contributed by atoms with Crippen LogP contribution in [0.4, 0.5) is 0 Å². The molecule has 1 aromatic carbocycles. The number of benzene rings is 1. The van der Waals surface area contributed by atoms with Crippen molar-refractivity contribution in [1.82, 2.24) is 10.2 Å². The molecule has 0 saturated heterocycles. The second-order valence-electron chi connectivity index (χ2n) is 5.76. The molecule has 0 heterocycles. The summed E-state index contributed by atoms with van der Waals surface area (Å²) in [5, 5.41) is 3.50. The topological polar surface area (TPSA) is 15.3 Å². The number of rotatable bonds is 5. The fourth-order valence-corrected chi connectivity index (χ4v) is 3.44. The van der Waals surface area contributed by atoms with Crippen LogP contribution in [-0.2, 0) is 6.54 Å². The maximum absolute atomic E-state index is 3.50.